The molecule has 5 heteroatoms. The van der Waals surface area contributed by atoms with Crippen molar-refractivity contribution in [2.75, 3.05) is 6.54 Å². The van der Waals surface area contributed by atoms with Crippen molar-refractivity contribution in [3.63, 3.8) is 0 Å². The molecule has 0 bridgehead atoms. The van der Waals surface area contributed by atoms with E-state index in [1.165, 1.54) is 5.56 Å². The molecular weight excluding hydrogens is 314 g/mol. The molecule has 1 unspecified atom stereocenters. The minimum absolute atomic E-state index is 0.147. The number of carbonyl (C=O) groups excluding carboxylic acids is 1. The van der Waals surface area contributed by atoms with Crippen LogP contribution < -0.4 is 10.1 Å². The van der Waals surface area contributed by atoms with Gasteiger partial charge in [-0.3, -0.25) is 4.79 Å². The van der Waals surface area contributed by atoms with Crippen LogP contribution in [0.3, 0.4) is 0 Å². The number of halogens is 1. The molecule has 0 aliphatic carbocycles. The van der Waals surface area contributed by atoms with Gasteiger partial charge in [0.2, 0.25) is 0 Å². The molecule has 0 fully saturated rings. The van der Waals surface area contributed by atoms with Gasteiger partial charge in [0, 0.05) is 0 Å². The fourth-order valence-corrected chi connectivity index (χ4v) is 2.24. The Balaban J connectivity index is 1.82. The second kappa shape index (κ2) is 8.06. The third-order valence-electron chi connectivity index (χ3n) is 3.45. The van der Waals surface area contributed by atoms with Crippen LogP contribution in [0, 0.1) is 0 Å². The highest BCUT2D eigenvalue weighted by Gasteiger charge is 2.12. The number of furan rings is 1. The Labute approximate surface area is 141 Å². The molecule has 23 heavy (non-hydrogen) atoms. The molecule has 1 aromatic heterocycles. The molecule has 2 aromatic rings. The number of alkyl halides is 1. The number of ether oxygens (including phenoxy) is 1. The summed E-state index contributed by atoms with van der Waals surface area (Å²) in [5.74, 6) is 2.09. The molecule has 1 amide bonds. The van der Waals surface area contributed by atoms with Crippen molar-refractivity contribution in [2.24, 2.45) is 0 Å². The lowest BCUT2D eigenvalue weighted by atomic mass is 10.0. The largest absolute Gasteiger partial charge is 0.489 e. The number of hydrogen-bond acceptors (Lipinski definition) is 3. The van der Waals surface area contributed by atoms with Gasteiger partial charge >= 0.3 is 0 Å². The zero-order valence-corrected chi connectivity index (χ0v) is 14.4. The Morgan fingerprint density at radius 3 is 2.43 bits per heavy atom. The summed E-state index contributed by atoms with van der Waals surface area (Å²) in [5, 5.41) is 2.79. The van der Waals surface area contributed by atoms with E-state index in [1.54, 1.807) is 12.1 Å². The summed E-state index contributed by atoms with van der Waals surface area (Å²) in [6.45, 7) is 6.60. The molecule has 4 nitrogen and oxygen atoms in total. The molecule has 1 heterocycles. The quantitative estimate of drug-likeness (QED) is 0.766. The Morgan fingerprint density at radius 1 is 1.17 bits per heavy atom. The first-order valence-corrected chi connectivity index (χ1v) is 8.22. The van der Waals surface area contributed by atoms with Gasteiger partial charge in [0.25, 0.3) is 5.91 Å². The van der Waals surface area contributed by atoms with Gasteiger partial charge in [0.1, 0.15) is 17.6 Å². The third-order valence-corrected chi connectivity index (χ3v) is 3.71. The maximum Gasteiger partial charge on any atom is 0.287 e. The van der Waals surface area contributed by atoms with Crippen LogP contribution in [-0.4, -0.2) is 18.6 Å². The van der Waals surface area contributed by atoms with Gasteiger partial charge in [-0.15, -0.1) is 11.6 Å². The van der Waals surface area contributed by atoms with Gasteiger partial charge in [0.15, 0.2) is 5.76 Å². The van der Waals surface area contributed by atoms with Crippen molar-refractivity contribution in [2.45, 2.75) is 38.7 Å². The number of amides is 1. The summed E-state index contributed by atoms with van der Waals surface area (Å²) >= 11 is 5.65. The second-order valence-electron chi connectivity index (χ2n) is 5.76. The predicted molar refractivity (Wildman–Crippen MR) is 91.2 cm³/mol. The molecule has 0 aliphatic rings. The number of rotatable bonds is 7. The average molecular weight is 336 g/mol. The van der Waals surface area contributed by atoms with Crippen LogP contribution in [0.1, 0.15) is 48.6 Å². The molecule has 0 radical (unpaired) electrons. The highest BCUT2D eigenvalue weighted by atomic mass is 35.5. The van der Waals surface area contributed by atoms with Gasteiger partial charge in [-0.05, 0) is 42.7 Å². The Bertz CT molecular complexity index is 634. The summed E-state index contributed by atoms with van der Waals surface area (Å²) < 4.78 is 11.1. The van der Waals surface area contributed by atoms with Crippen molar-refractivity contribution in [3.8, 4) is 5.75 Å². The van der Waals surface area contributed by atoms with Gasteiger partial charge in [-0.25, -0.2) is 0 Å². The van der Waals surface area contributed by atoms with Crippen LogP contribution >= 0.6 is 11.6 Å². The van der Waals surface area contributed by atoms with Crippen molar-refractivity contribution in [1.29, 1.82) is 0 Å². The normalized spacial score (nSPS) is 12.2. The number of benzene rings is 1. The van der Waals surface area contributed by atoms with E-state index in [0.29, 0.717) is 18.2 Å². The van der Waals surface area contributed by atoms with Crippen molar-refractivity contribution < 1.29 is 13.9 Å². The summed E-state index contributed by atoms with van der Waals surface area (Å²) in [4.78, 5) is 11.9. The van der Waals surface area contributed by atoms with E-state index in [-0.39, 0.29) is 23.7 Å². The van der Waals surface area contributed by atoms with Crippen LogP contribution in [-0.2, 0) is 5.88 Å². The second-order valence-corrected chi connectivity index (χ2v) is 6.03. The zero-order chi connectivity index (χ0) is 16.8. The SMILES string of the molecule is CC(CNC(=O)c1ccc(CCl)o1)Oc1ccc(C(C)C)cc1. The first-order valence-electron chi connectivity index (χ1n) is 7.69. The Kier molecular flexibility index (Phi) is 6.11. The summed E-state index contributed by atoms with van der Waals surface area (Å²) in [7, 11) is 0. The molecule has 0 saturated carbocycles. The lowest BCUT2D eigenvalue weighted by molar-refractivity contribution is 0.0903. The molecule has 0 saturated heterocycles. The fourth-order valence-electron chi connectivity index (χ4n) is 2.10. The van der Waals surface area contributed by atoms with Crippen LogP contribution in [0.25, 0.3) is 0 Å². The molecule has 2 rings (SSSR count). The average Bonchev–Trinajstić information content (AvgIpc) is 3.02. The van der Waals surface area contributed by atoms with E-state index in [9.17, 15) is 4.79 Å². The molecule has 0 spiro atoms. The van der Waals surface area contributed by atoms with E-state index < -0.39 is 0 Å². The number of nitrogens with one attached hydrogen (secondary N) is 1. The monoisotopic (exact) mass is 335 g/mol. The van der Waals surface area contributed by atoms with Crippen LogP contribution in [0.15, 0.2) is 40.8 Å². The number of carbonyl (C=O) groups is 1. The third kappa shape index (κ3) is 5.03. The smallest absolute Gasteiger partial charge is 0.287 e. The molecular formula is C18H22ClNO3. The van der Waals surface area contributed by atoms with Gasteiger partial charge in [0.05, 0.1) is 12.4 Å². The molecule has 124 valence electrons. The number of hydrogen-bond donors (Lipinski definition) is 1. The summed E-state index contributed by atoms with van der Waals surface area (Å²) in [5.41, 5.74) is 1.27. The van der Waals surface area contributed by atoms with Crippen LogP contribution in [0.4, 0.5) is 0 Å². The van der Waals surface area contributed by atoms with Gasteiger partial charge < -0.3 is 14.5 Å². The van der Waals surface area contributed by atoms with Gasteiger partial charge in [-0.2, -0.15) is 0 Å². The lowest BCUT2D eigenvalue weighted by Gasteiger charge is -2.16. The topological polar surface area (TPSA) is 51.5 Å². The first kappa shape index (κ1) is 17.4. The van der Waals surface area contributed by atoms with Crippen molar-refractivity contribution >= 4 is 17.5 Å². The summed E-state index contributed by atoms with van der Waals surface area (Å²) in [6.07, 6.45) is -0.147. The van der Waals surface area contributed by atoms with Crippen LogP contribution in [0.2, 0.25) is 0 Å². The minimum atomic E-state index is -0.271. The molecule has 1 N–H and O–H groups in total. The molecule has 1 atom stereocenters. The molecule has 0 aliphatic heterocycles. The standard InChI is InChI=1S/C18H22ClNO3/c1-12(2)14-4-6-15(7-5-14)22-13(3)11-20-18(21)17-9-8-16(10-19)23-17/h4-9,12-13H,10-11H2,1-3H3,(H,20,21). The highest BCUT2D eigenvalue weighted by Crippen LogP contribution is 2.19. The highest BCUT2D eigenvalue weighted by molar-refractivity contribution is 6.16. The van der Waals surface area contributed by atoms with Gasteiger partial charge in [-0.1, -0.05) is 26.0 Å². The lowest BCUT2D eigenvalue weighted by Crippen LogP contribution is -2.33. The van der Waals surface area contributed by atoms with Crippen molar-refractivity contribution in [3.05, 3.63) is 53.5 Å². The molecule has 1 aromatic carbocycles. The van der Waals surface area contributed by atoms with E-state index in [4.69, 9.17) is 20.8 Å². The summed E-state index contributed by atoms with van der Waals surface area (Å²) in [6, 6.07) is 11.3. The van der Waals surface area contributed by atoms with E-state index in [0.717, 1.165) is 5.75 Å². The zero-order valence-electron chi connectivity index (χ0n) is 13.6. The van der Waals surface area contributed by atoms with E-state index in [2.05, 4.69) is 31.3 Å². The fraction of sp³-hybridized carbons (Fsp3) is 0.389. The first-order chi connectivity index (χ1) is 11.0. The predicted octanol–water partition coefficient (Wildman–Crippen LogP) is 4.34. The van der Waals surface area contributed by atoms with Crippen molar-refractivity contribution in [1.82, 2.24) is 5.32 Å². The minimum Gasteiger partial charge on any atom is -0.489 e. The Morgan fingerprint density at radius 2 is 1.87 bits per heavy atom. The maximum atomic E-state index is 11.9. The Hall–Kier alpha value is -1.94. The van der Waals surface area contributed by atoms with E-state index in [1.807, 2.05) is 19.1 Å². The van der Waals surface area contributed by atoms with Crippen LogP contribution in [0.5, 0.6) is 5.75 Å². The van der Waals surface area contributed by atoms with E-state index >= 15 is 0 Å². The maximum absolute atomic E-state index is 11.9.